The van der Waals surface area contributed by atoms with Gasteiger partial charge in [-0.3, -0.25) is 0 Å². The van der Waals surface area contributed by atoms with Gasteiger partial charge < -0.3 is 15.1 Å². The summed E-state index contributed by atoms with van der Waals surface area (Å²) in [7, 11) is 1.90. The van der Waals surface area contributed by atoms with E-state index >= 15 is 0 Å². The van der Waals surface area contributed by atoms with Gasteiger partial charge in [-0.2, -0.15) is 0 Å². The van der Waals surface area contributed by atoms with Crippen LogP contribution in [0.3, 0.4) is 0 Å². The molecule has 0 heterocycles. The molecule has 2 N–H and O–H groups in total. The minimum Gasteiger partial charge on any atom is -0.392 e. The van der Waals surface area contributed by atoms with Gasteiger partial charge in [0.05, 0.1) is 11.7 Å². The summed E-state index contributed by atoms with van der Waals surface area (Å²) < 4.78 is 0. The van der Waals surface area contributed by atoms with Crippen molar-refractivity contribution in [3.8, 4) is 0 Å². The molecule has 0 fully saturated rings. The fourth-order valence-corrected chi connectivity index (χ4v) is 1.49. The Morgan fingerprint density at radius 3 is 2.50 bits per heavy atom. The van der Waals surface area contributed by atoms with Gasteiger partial charge in [-0.05, 0) is 33.7 Å². The van der Waals surface area contributed by atoms with Crippen molar-refractivity contribution in [1.29, 1.82) is 0 Å². The van der Waals surface area contributed by atoms with Crippen LogP contribution in [0.15, 0.2) is 12.7 Å². The van der Waals surface area contributed by atoms with Gasteiger partial charge in [0.2, 0.25) is 0 Å². The lowest BCUT2D eigenvalue weighted by Gasteiger charge is -2.27. The molecule has 0 rings (SSSR count). The molecule has 84 valence electrons. The van der Waals surface area contributed by atoms with Gasteiger partial charge in [-0.1, -0.05) is 6.08 Å². The summed E-state index contributed by atoms with van der Waals surface area (Å²) in [6.45, 7) is 8.30. The van der Waals surface area contributed by atoms with Gasteiger partial charge in [0.15, 0.2) is 0 Å². The highest BCUT2D eigenvalue weighted by atomic mass is 16.3. The van der Waals surface area contributed by atoms with E-state index in [9.17, 15) is 10.2 Å². The zero-order valence-electron chi connectivity index (χ0n) is 9.53. The number of rotatable bonds is 7. The molecule has 0 aliphatic heterocycles. The average molecular weight is 201 g/mol. The molecule has 14 heavy (non-hydrogen) atoms. The van der Waals surface area contributed by atoms with Crippen LogP contribution < -0.4 is 0 Å². The highest BCUT2D eigenvalue weighted by Crippen LogP contribution is 2.05. The van der Waals surface area contributed by atoms with E-state index in [1.54, 1.807) is 19.9 Å². The Morgan fingerprint density at radius 1 is 1.50 bits per heavy atom. The fraction of sp³-hybridized carbons (Fsp3) is 0.818. The van der Waals surface area contributed by atoms with Crippen molar-refractivity contribution in [3.63, 3.8) is 0 Å². The van der Waals surface area contributed by atoms with Gasteiger partial charge in [-0.15, -0.1) is 6.58 Å². The summed E-state index contributed by atoms with van der Waals surface area (Å²) in [6, 6.07) is 0. The Kier molecular flexibility index (Phi) is 6.00. The van der Waals surface area contributed by atoms with Crippen molar-refractivity contribution in [2.24, 2.45) is 0 Å². The third-order valence-electron chi connectivity index (χ3n) is 1.88. The maximum atomic E-state index is 9.58. The average Bonchev–Trinajstić information content (AvgIpc) is 1.96. The molecule has 0 saturated carbocycles. The van der Waals surface area contributed by atoms with E-state index < -0.39 is 5.60 Å². The second-order valence-electron chi connectivity index (χ2n) is 4.53. The third-order valence-corrected chi connectivity index (χ3v) is 1.88. The van der Waals surface area contributed by atoms with Gasteiger partial charge in [0, 0.05) is 13.1 Å². The fourth-order valence-electron chi connectivity index (χ4n) is 1.49. The van der Waals surface area contributed by atoms with E-state index in [0.29, 0.717) is 13.1 Å². The van der Waals surface area contributed by atoms with Crippen molar-refractivity contribution in [2.45, 2.75) is 38.4 Å². The minimum absolute atomic E-state index is 0.333. The normalized spacial score (nSPS) is 14.4. The Bertz CT molecular complexity index is 163. The highest BCUT2D eigenvalue weighted by molar-refractivity contribution is 4.74. The number of nitrogens with zero attached hydrogens (tertiary/aromatic N) is 1. The van der Waals surface area contributed by atoms with Crippen LogP contribution in [0, 0.1) is 0 Å². The van der Waals surface area contributed by atoms with Gasteiger partial charge in [0.25, 0.3) is 0 Å². The lowest BCUT2D eigenvalue weighted by Crippen LogP contribution is -2.39. The Morgan fingerprint density at radius 2 is 2.07 bits per heavy atom. The second-order valence-corrected chi connectivity index (χ2v) is 4.53. The van der Waals surface area contributed by atoms with Crippen molar-refractivity contribution in [2.75, 3.05) is 20.1 Å². The van der Waals surface area contributed by atoms with Crippen molar-refractivity contribution < 1.29 is 10.2 Å². The van der Waals surface area contributed by atoms with E-state index in [4.69, 9.17) is 0 Å². The van der Waals surface area contributed by atoms with Crippen LogP contribution in [0.2, 0.25) is 0 Å². The Hall–Kier alpha value is -0.380. The van der Waals surface area contributed by atoms with Crippen LogP contribution in [-0.4, -0.2) is 47.0 Å². The minimum atomic E-state index is -0.701. The molecule has 0 spiro atoms. The summed E-state index contributed by atoms with van der Waals surface area (Å²) >= 11 is 0. The summed E-state index contributed by atoms with van der Waals surface area (Å²) in [5.41, 5.74) is -0.701. The number of aliphatic hydroxyl groups excluding tert-OH is 1. The first-order chi connectivity index (χ1) is 6.35. The highest BCUT2D eigenvalue weighted by Gasteiger charge is 2.17. The molecule has 3 nitrogen and oxygen atoms in total. The topological polar surface area (TPSA) is 43.7 Å². The molecule has 0 aromatic carbocycles. The van der Waals surface area contributed by atoms with Crippen molar-refractivity contribution in [3.05, 3.63) is 12.7 Å². The number of aliphatic hydroxyl groups is 2. The molecule has 0 bridgehead atoms. The lowest BCUT2D eigenvalue weighted by molar-refractivity contribution is 0.0276. The zero-order valence-corrected chi connectivity index (χ0v) is 9.53. The first kappa shape index (κ1) is 13.6. The number of hydrogen-bond donors (Lipinski definition) is 2. The first-order valence-corrected chi connectivity index (χ1v) is 5.05. The third kappa shape index (κ3) is 8.23. The van der Waals surface area contributed by atoms with Crippen LogP contribution in [0.5, 0.6) is 0 Å². The number of likely N-dealkylation sites (N-methyl/N-ethyl adjacent to an activating group) is 1. The molecule has 0 aromatic heterocycles. The summed E-state index contributed by atoms with van der Waals surface area (Å²) in [5, 5.41) is 19.1. The number of hydrogen-bond acceptors (Lipinski definition) is 3. The lowest BCUT2D eigenvalue weighted by atomic mass is 10.1. The van der Waals surface area contributed by atoms with Gasteiger partial charge in [-0.25, -0.2) is 0 Å². The van der Waals surface area contributed by atoms with Crippen LogP contribution >= 0.6 is 0 Å². The van der Waals surface area contributed by atoms with Crippen LogP contribution in [0.25, 0.3) is 0 Å². The van der Waals surface area contributed by atoms with Crippen molar-refractivity contribution in [1.82, 2.24) is 4.90 Å². The standard InChI is InChI=1S/C11H23NO2/c1-5-6-7-10(13)8-12(4)9-11(2,3)14/h5,10,13-14H,1,6-9H2,2-4H3. The predicted molar refractivity (Wildman–Crippen MR) is 59.2 cm³/mol. The quantitative estimate of drug-likeness (QED) is 0.604. The molecule has 0 aromatic rings. The molecule has 0 amide bonds. The van der Waals surface area contributed by atoms with E-state index in [0.717, 1.165) is 12.8 Å². The summed E-state index contributed by atoms with van der Waals surface area (Å²) in [4.78, 5) is 1.94. The first-order valence-electron chi connectivity index (χ1n) is 5.05. The zero-order chi connectivity index (χ0) is 11.2. The molecular formula is C11H23NO2. The van der Waals surface area contributed by atoms with Gasteiger partial charge in [0.1, 0.15) is 0 Å². The second kappa shape index (κ2) is 6.17. The van der Waals surface area contributed by atoms with E-state index in [-0.39, 0.29) is 6.10 Å². The Balaban J connectivity index is 3.70. The van der Waals surface area contributed by atoms with Crippen LogP contribution in [-0.2, 0) is 0 Å². The smallest absolute Gasteiger partial charge is 0.0718 e. The monoisotopic (exact) mass is 201 g/mol. The molecule has 1 unspecified atom stereocenters. The van der Waals surface area contributed by atoms with Crippen molar-refractivity contribution >= 4 is 0 Å². The molecular weight excluding hydrogens is 178 g/mol. The Labute approximate surface area is 87.0 Å². The van der Waals surface area contributed by atoms with E-state index in [1.807, 2.05) is 11.9 Å². The summed E-state index contributed by atoms with van der Waals surface area (Å²) in [5.74, 6) is 0. The molecule has 0 saturated heterocycles. The SMILES string of the molecule is C=CCCC(O)CN(C)CC(C)(C)O. The van der Waals surface area contributed by atoms with E-state index in [1.165, 1.54) is 0 Å². The van der Waals surface area contributed by atoms with Crippen LogP contribution in [0.1, 0.15) is 26.7 Å². The molecule has 3 heteroatoms. The molecule has 1 atom stereocenters. The van der Waals surface area contributed by atoms with Gasteiger partial charge >= 0.3 is 0 Å². The van der Waals surface area contributed by atoms with Crippen LogP contribution in [0.4, 0.5) is 0 Å². The molecule has 0 radical (unpaired) electrons. The predicted octanol–water partition coefficient (Wildman–Crippen LogP) is 1.02. The maximum absolute atomic E-state index is 9.58. The van der Waals surface area contributed by atoms with E-state index in [2.05, 4.69) is 6.58 Å². The molecule has 0 aliphatic rings. The maximum Gasteiger partial charge on any atom is 0.0718 e. The number of allylic oxidation sites excluding steroid dienone is 1. The largest absolute Gasteiger partial charge is 0.392 e. The summed E-state index contributed by atoms with van der Waals surface area (Å²) in [6.07, 6.45) is 3.04. The molecule has 0 aliphatic carbocycles.